The van der Waals surface area contributed by atoms with Gasteiger partial charge in [-0.2, -0.15) is 0 Å². The summed E-state index contributed by atoms with van der Waals surface area (Å²) in [6, 6.07) is 3.02. The molecule has 0 spiro atoms. The Bertz CT molecular complexity index is 645. The molecule has 0 amide bonds. The van der Waals surface area contributed by atoms with Crippen LogP contribution < -0.4 is 10.2 Å². The zero-order valence-electron chi connectivity index (χ0n) is 9.73. The largest absolute Gasteiger partial charge is 0.492 e. The topological polar surface area (TPSA) is 56.5 Å². The van der Waals surface area contributed by atoms with E-state index in [1.807, 2.05) is 6.92 Å². The molecule has 0 bridgehead atoms. The molecule has 18 heavy (non-hydrogen) atoms. The van der Waals surface area contributed by atoms with Crippen LogP contribution in [0.1, 0.15) is 23.7 Å². The van der Waals surface area contributed by atoms with Gasteiger partial charge in [-0.3, -0.25) is 9.59 Å². The van der Waals surface area contributed by atoms with Crippen LogP contribution in [-0.4, -0.2) is 12.9 Å². The number of rotatable bonds is 4. The minimum absolute atomic E-state index is 0.0270. The van der Waals surface area contributed by atoms with Gasteiger partial charge in [0.15, 0.2) is 6.29 Å². The van der Waals surface area contributed by atoms with Gasteiger partial charge in [-0.15, -0.1) is 0 Å². The van der Waals surface area contributed by atoms with Crippen molar-refractivity contribution in [2.75, 3.05) is 6.61 Å². The van der Waals surface area contributed by atoms with Gasteiger partial charge in [-0.1, -0.05) is 18.5 Å². The van der Waals surface area contributed by atoms with E-state index in [2.05, 4.69) is 0 Å². The van der Waals surface area contributed by atoms with Crippen LogP contribution in [0.2, 0.25) is 5.02 Å². The average Bonchev–Trinajstić information content (AvgIpc) is 2.38. The van der Waals surface area contributed by atoms with Gasteiger partial charge >= 0.3 is 0 Å². The van der Waals surface area contributed by atoms with Crippen LogP contribution in [0.3, 0.4) is 0 Å². The molecule has 0 fully saturated rings. The fourth-order valence-corrected chi connectivity index (χ4v) is 1.77. The summed E-state index contributed by atoms with van der Waals surface area (Å²) in [5.74, 6) is 0.466. The number of aldehydes is 1. The third kappa shape index (κ3) is 2.24. The summed E-state index contributed by atoms with van der Waals surface area (Å²) < 4.78 is 10.6. The Labute approximate surface area is 108 Å². The Balaban J connectivity index is 2.60. The molecule has 1 heterocycles. The van der Waals surface area contributed by atoms with Gasteiger partial charge in [0.25, 0.3) is 0 Å². The van der Waals surface area contributed by atoms with Gasteiger partial charge in [-0.05, 0) is 12.5 Å². The van der Waals surface area contributed by atoms with E-state index < -0.39 is 5.43 Å². The van der Waals surface area contributed by atoms with Crippen LogP contribution in [0.4, 0.5) is 0 Å². The number of hydrogen-bond donors (Lipinski definition) is 0. The van der Waals surface area contributed by atoms with Gasteiger partial charge in [0.1, 0.15) is 17.6 Å². The normalized spacial score (nSPS) is 10.6. The minimum Gasteiger partial charge on any atom is -0.492 e. The molecule has 1 aromatic carbocycles. The van der Waals surface area contributed by atoms with Crippen LogP contribution in [-0.2, 0) is 0 Å². The maximum atomic E-state index is 11.8. The zero-order chi connectivity index (χ0) is 13.1. The second-order valence-corrected chi connectivity index (χ2v) is 4.17. The molecule has 4 nitrogen and oxygen atoms in total. The highest BCUT2D eigenvalue weighted by atomic mass is 35.5. The number of hydrogen-bond acceptors (Lipinski definition) is 4. The summed E-state index contributed by atoms with van der Waals surface area (Å²) in [6.45, 7) is 2.51. The van der Waals surface area contributed by atoms with Crippen molar-refractivity contribution in [2.24, 2.45) is 0 Å². The van der Waals surface area contributed by atoms with Crippen LogP contribution in [0.25, 0.3) is 11.0 Å². The average molecular weight is 267 g/mol. The number of benzene rings is 1. The Morgan fingerprint density at radius 3 is 2.89 bits per heavy atom. The number of carbonyl (C=O) groups excluding carboxylic acids is 1. The first-order valence-corrected chi connectivity index (χ1v) is 5.88. The van der Waals surface area contributed by atoms with Crippen LogP contribution >= 0.6 is 11.6 Å². The van der Waals surface area contributed by atoms with Gasteiger partial charge in [0.2, 0.25) is 5.43 Å². The second-order valence-electron chi connectivity index (χ2n) is 3.77. The highest BCUT2D eigenvalue weighted by Crippen LogP contribution is 2.29. The molecule has 0 atom stereocenters. The van der Waals surface area contributed by atoms with Crippen molar-refractivity contribution in [3.05, 3.63) is 39.2 Å². The lowest BCUT2D eigenvalue weighted by atomic mass is 10.2. The van der Waals surface area contributed by atoms with Gasteiger partial charge in [0, 0.05) is 6.07 Å². The molecule has 1 aromatic heterocycles. The zero-order valence-corrected chi connectivity index (χ0v) is 10.5. The highest BCUT2D eigenvalue weighted by molar-refractivity contribution is 6.32. The molecule has 0 radical (unpaired) electrons. The van der Waals surface area contributed by atoms with Crippen molar-refractivity contribution in [2.45, 2.75) is 13.3 Å². The van der Waals surface area contributed by atoms with E-state index in [0.717, 1.165) is 12.7 Å². The molecule has 0 saturated heterocycles. The van der Waals surface area contributed by atoms with Crippen molar-refractivity contribution < 1.29 is 13.9 Å². The van der Waals surface area contributed by atoms with Crippen molar-refractivity contribution in [3.63, 3.8) is 0 Å². The van der Waals surface area contributed by atoms with Crippen molar-refractivity contribution in [1.29, 1.82) is 0 Å². The molecule has 94 valence electrons. The fraction of sp³-hybridized carbons (Fsp3) is 0.231. The lowest BCUT2D eigenvalue weighted by Gasteiger charge is -2.07. The number of fused-ring (bicyclic) bond motifs is 1. The molecular weight excluding hydrogens is 256 g/mol. The molecule has 0 unspecified atom stereocenters. The first kappa shape index (κ1) is 12.6. The predicted octanol–water partition coefficient (Wildman–Crippen LogP) is 3.05. The van der Waals surface area contributed by atoms with E-state index in [-0.39, 0.29) is 10.9 Å². The second kappa shape index (κ2) is 5.23. The van der Waals surface area contributed by atoms with Gasteiger partial charge < -0.3 is 9.15 Å². The summed E-state index contributed by atoms with van der Waals surface area (Å²) in [5.41, 5.74) is -0.0721. The monoisotopic (exact) mass is 266 g/mol. The molecule has 0 aliphatic rings. The quantitative estimate of drug-likeness (QED) is 0.798. The third-order valence-corrected chi connectivity index (χ3v) is 2.74. The molecule has 2 aromatic rings. The summed E-state index contributed by atoms with van der Waals surface area (Å²) in [6.07, 6.45) is 2.44. The van der Waals surface area contributed by atoms with E-state index >= 15 is 0 Å². The lowest BCUT2D eigenvalue weighted by molar-refractivity contribution is 0.112. The smallest absolute Gasteiger partial charge is 0.203 e. The number of halogens is 1. The first-order valence-electron chi connectivity index (χ1n) is 5.50. The molecule has 0 aliphatic carbocycles. The van der Waals surface area contributed by atoms with E-state index in [4.69, 9.17) is 20.8 Å². The van der Waals surface area contributed by atoms with Gasteiger partial charge in [0.05, 0.1) is 22.6 Å². The third-order valence-electron chi connectivity index (χ3n) is 2.44. The van der Waals surface area contributed by atoms with Crippen molar-refractivity contribution in [3.8, 4) is 5.75 Å². The van der Waals surface area contributed by atoms with E-state index in [9.17, 15) is 9.59 Å². The summed E-state index contributed by atoms with van der Waals surface area (Å²) >= 11 is 6.01. The maximum Gasteiger partial charge on any atom is 0.203 e. The lowest BCUT2D eigenvalue weighted by Crippen LogP contribution is -2.07. The minimum atomic E-state index is -0.393. The maximum absolute atomic E-state index is 11.8. The molecule has 0 N–H and O–H groups in total. The van der Waals surface area contributed by atoms with Crippen LogP contribution in [0.15, 0.2) is 27.6 Å². The van der Waals surface area contributed by atoms with Crippen molar-refractivity contribution in [1.82, 2.24) is 0 Å². The van der Waals surface area contributed by atoms with Crippen molar-refractivity contribution >= 4 is 28.9 Å². The summed E-state index contributed by atoms with van der Waals surface area (Å²) in [7, 11) is 0. The Kier molecular flexibility index (Phi) is 3.67. The van der Waals surface area contributed by atoms with E-state index in [1.165, 1.54) is 6.07 Å². The Morgan fingerprint density at radius 1 is 1.44 bits per heavy atom. The standard InChI is InChI=1S/C13H11ClO4/c1-2-3-17-12-5-11-9(4-10(12)14)13(16)8(6-15)7-18-11/h4-7H,2-3H2,1H3. The highest BCUT2D eigenvalue weighted by Gasteiger charge is 2.11. The molecule has 0 aliphatic heterocycles. The number of ether oxygens (including phenoxy) is 1. The molecule has 5 heteroatoms. The Hall–Kier alpha value is -1.81. The fourth-order valence-electron chi connectivity index (χ4n) is 1.55. The summed E-state index contributed by atoms with van der Waals surface area (Å²) in [4.78, 5) is 22.5. The number of carbonyl (C=O) groups is 1. The first-order chi connectivity index (χ1) is 8.67. The predicted molar refractivity (Wildman–Crippen MR) is 68.7 cm³/mol. The van der Waals surface area contributed by atoms with Crippen LogP contribution in [0.5, 0.6) is 5.75 Å². The summed E-state index contributed by atoms with van der Waals surface area (Å²) in [5, 5.41) is 0.597. The Morgan fingerprint density at radius 2 is 2.22 bits per heavy atom. The molecular formula is C13H11ClO4. The SMILES string of the molecule is CCCOc1cc2occ(C=O)c(=O)c2cc1Cl. The van der Waals surface area contributed by atoms with E-state index in [1.54, 1.807) is 6.07 Å². The van der Waals surface area contributed by atoms with Crippen LogP contribution in [0, 0.1) is 0 Å². The van der Waals surface area contributed by atoms with E-state index in [0.29, 0.717) is 29.2 Å². The molecule has 0 saturated carbocycles. The van der Waals surface area contributed by atoms with Gasteiger partial charge in [-0.25, -0.2) is 0 Å². The molecule has 2 rings (SSSR count).